The summed E-state index contributed by atoms with van der Waals surface area (Å²) in [5.41, 5.74) is 2.85. The number of hydrogen-bond donors (Lipinski definition) is 0. The molecule has 0 amide bonds. The van der Waals surface area contributed by atoms with Crippen LogP contribution in [-0.4, -0.2) is 15.5 Å². The minimum absolute atomic E-state index is 0.535. The molecule has 0 atom stereocenters. The first-order valence-corrected chi connectivity index (χ1v) is 7.07. The van der Waals surface area contributed by atoms with E-state index in [1.54, 1.807) is 0 Å². The fraction of sp³-hybridized carbons (Fsp3) is 0.333. The van der Waals surface area contributed by atoms with E-state index in [4.69, 9.17) is 11.1 Å². The molecule has 0 fully saturated rings. The molecule has 12 heavy (non-hydrogen) atoms. The molecule has 64 valence electrons. The molecule has 3 heteroatoms. The average Bonchev–Trinajstić information content (AvgIpc) is 2.17. The van der Waals surface area contributed by atoms with Gasteiger partial charge in [0, 0.05) is 12.2 Å². The SMILES string of the molecule is Cl[SiH2]N1CCCc2ccccc21. The van der Waals surface area contributed by atoms with Gasteiger partial charge < -0.3 is 4.57 Å². The third-order valence-corrected chi connectivity index (χ3v) is 4.16. The van der Waals surface area contributed by atoms with Crippen molar-refractivity contribution < 1.29 is 0 Å². The number of anilines is 1. The zero-order valence-electron chi connectivity index (χ0n) is 6.96. The van der Waals surface area contributed by atoms with Crippen molar-refractivity contribution in [3.63, 3.8) is 0 Å². The van der Waals surface area contributed by atoms with Crippen molar-refractivity contribution in [3.05, 3.63) is 29.8 Å². The Balaban J connectivity index is 2.37. The number of halogens is 1. The Morgan fingerprint density at radius 2 is 2.17 bits per heavy atom. The average molecular weight is 198 g/mol. The second-order valence-electron chi connectivity index (χ2n) is 3.12. The Morgan fingerprint density at radius 3 is 3.00 bits per heavy atom. The molecule has 1 aromatic rings. The molecule has 2 rings (SSSR count). The number of para-hydroxylation sites is 1. The molecule has 1 aliphatic heterocycles. The molecule has 1 aliphatic rings. The second-order valence-corrected chi connectivity index (χ2v) is 4.83. The molecule has 0 radical (unpaired) electrons. The van der Waals surface area contributed by atoms with Crippen LogP contribution in [0.2, 0.25) is 0 Å². The number of benzene rings is 1. The van der Waals surface area contributed by atoms with E-state index in [1.807, 2.05) is 0 Å². The molecule has 1 nitrogen and oxygen atoms in total. The van der Waals surface area contributed by atoms with Crippen molar-refractivity contribution >= 4 is 25.8 Å². The van der Waals surface area contributed by atoms with Crippen LogP contribution in [0.3, 0.4) is 0 Å². The first-order valence-electron chi connectivity index (χ1n) is 4.30. The van der Waals surface area contributed by atoms with E-state index in [0.717, 1.165) is 6.54 Å². The van der Waals surface area contributed by atoms with Crippen molar-refractivity contribution in [2.24, 2.45) is 0 Å². The van der Waals surface area contributed by atoms with Gasteiger partial charge in [0.25, 0.3) is 0 Å². The highest BCUT2D eigenvalue weighted by Gasteiger charge is 2.14. The maximum absolute atomic E-state index is 5.97. The highest BCUT2D eigenvalue weighted by molar-refractivity contribution is 6.95. The summed E-state index contributed by atoms with van der Waals surface area (Å²) in [6, 6.07) is 8.60. The van der Waals surface area contributed by atoms with Gasteiger partial charge in [-0.2, -0.15) is 0 Å². The predicted molar refractivity (Wildman–Crippen MR) is 56.5 cm³/mol. The van der Waals surface area contributed by atoms with Gasteiger partial charge in [-0.05, 0) is 24.5 Å². The van der Waals surface area contributed by atoms with Gasteiger partial charge in [-0.1, -0.05) is 18.2 Å². The molecule has 0 unspecified atom stereocenters. The summed E-state index contributed by atoms with van der Waals surface area (Å²) in [6.07, 6.45) is 2.48. The number of aryl methyl sites for hydroxylation is 1. The summed E-state index contributed by atoms with van der Waals surface area (Å²) in [7, 11) is -0.535. The lowest BCUT2D eigenvalue weighted by Gasteiger charge is -2.29. The Hall–Kier alpha value is -0.473. The number of fused-ring (bicyclic) bond motifs is 1. The van der Waals surface area contributed by atoms with Gasteiger partial charge >= 0.3 is 0 Å². The van der Waals surface area contributed by atoms with Crippen LogP contribution in [0.25, 0.3) is 0 Å². The fourth-order valence-corrected chi connectivity index (χ4v) is 3.26. The number of rotatable bonds is 1. The summed E-state index contributed by atoms with van der Waals surface area (Å²) in [5, 5.41) is 0. The molecule has 0 aliphatic carbocycles. The summed E-state index contributed by atoms with van der Waals surface area (Å²) in [6.45, 7) is 1.16. The van der Waals surface area contributed by atoms with E-state index in [-0.39, 0.29) is 0 Å². The molecular formula is C9H12ClNSi. The number of nitrogens with zero attached hydrogens (tertiary/aromatic N) is 1. The lowest BCUT2D eigenvalue weighted by atomic mass is 10.0. The third kappa shape index (κ3) is 1.36. The van der Waals surface area contributed by atoms with Gasteiger partial charge in [-0.3, -0.25) is 0 Å². The summed E-state index contributed by atoms with van der Waals surface area (Å²) >= 11 is 5.97. The zero-order valence-corrected chi connectivity index (χ0v) is 9.13. The van der Waals surface area contributed by atoms with Crippen LogP contribution in [0.5, 0.6) is 0 Å². The quantitative estimate of drug-likeness (QED) is 0.489. The van der Waals surface area contributed by atoms with Crippen molar-refractivity contribution in [3.8, 4) is 0 Å². The van der Waals surface area contributed by atoms with E-state index in [1.165, 1.54) is 24.1 Å². The van der Waals surface area contributed by atoms with E-state index in [2.05, 4.69) is 28.8 Å². The summed E-state index contributed by atoms with van der Waals surface area (Å²) < 4.78 is 2.36. The first-order chi connectivity index (χ1) is 5.92. The van der Waals surface area contributed by atoms with E-state index in [9.17, 15) is 0 Å². The van der Waals surface area contributed by atoms with Crippen molar-refractivity contribution in [1.82, 2.24) is 0 Å². The molecule has 1 heterocycles. The predicted octanol–water partition coefficient (Wildman–Crippen LogP) is 1.68. The van der Waals surface area contributed by atoms with Crippen LogP contribution < -0.4 is 4.57 Å². The molecular weight excluding hydrogens is 186 g/mol. The lowest BCUT2D eigenvalue weighted by molar-refractivity contribution is 0.790. The largest absolute Gasteiger partial charge is 0.390 e. The van der Waals surface area contributed by atoms with Crippen LogP contribution in [0.4, 0.5) is 5.69 Å². The third-order valence-electron chi connectivity index (χ3n) is 2.35. The van der Waals surface area contributed by atoms with E-state index >= 15 is 0 Å². The fourth-order valence-electron chi connectivity index (χ4n) is 1.74. The minimum Gasteiger partial charge on any atom is -0.390 e. The van der Waals surface area contributed by atoms with Gasteiger partial charge in [0.15, 0.2) is 0 Å². The Bertz CT molecular complexity index is 277. The highest BCUT2D eigenvalue weighted by Crippen LogP contribution is 2.25. The maximum atomic E-state index is 5.97. The van der Waals surface area contributed by atoms with Gasteiger partial charge in [0.1, 0.15) is 0 Å². The van der Waals surface area contributed by atoms with Gasteiger partial charge in [-0.15, -0.1) is 11.1 Å². The van der Waals surface area contributed by atoms with Crippen molar-refractivity contribution in [1.29, 1.82) is 0 Å². The van der Waals surface area contributed by atoms with Crippen LogP contribution >= 0.6 is 11.1 Å². The summed E-state index contributed by atoms with van der Waals surface area (Å²) in [4.78, 5) is 0. The molecule has 0 bridgehead atoms. The van der Waals surface area contributed by atoms with Crippen LogP contribution in [0.1, 0.15) is 12.0 Å². The van der Waals surface area contributed by atoms with Crippen LogP contribution in [-0.2, 0) is 6.42 Å². The smallest absolute Gasteiger partial charge is 0.224 e. The normalized spacial score (nSPS) is 16.9. The maximum Gasteiger partial charge on any atom is 0.224 e. The topological polar surface area (TPSA) is 3.24 Å². The lowest BCUT2D eigenvalue weighted by Crippen LogP contribution is -2.30. The first kappa shape index (κ1) is 8.14. The standard InChI is InChI=1S/C9H12ClNSi/c10-12-11-7-3-5-8-4-1-2-6-9(8)11/h1-2,4,6H,3,5,7,12H2. The van der Waals surface area contributed by atoms with E-state index < -0.39 is 8.99 Å². The summed E-state index contributed by atoms with van der Waals surface area (Å²) in [5.74, 6) is 0. The molecule has 0 saturated heterocycles. The molecule has 0 N–H and O–H groups in total. The van der Waals surface area contributed by atoms with Gasteiger partial charge in [0.2, 0.25) is 8.99 Å². The number of hydrogen-bond acceptors (Lipinski definition) is 1. The Labute approximate surface area is 79.9 Å². The molecule has 0 spiro atoms. The second kappa shape index (κ2) is 3.50. The Morgan fingerprint density at radius 1 is 1.33 bits per heavy atom. The van der Waals surface area contributed by atoms with Crippen molar-refractivity contribution in [2.45, 2.75) is 12.8 Å². The van der Waals surface area contributed by atoms with Gasteiger partial charge in [-0.25, -0.2) is 0 Å². The van der Waals surface area contributed by atoms with Gasteiger partial charge in [0.05, 0.1) is 0 Å². The monoisotopic (exact) mass is 197 g/mol. The van der Waals surface area contributed by atoms with Crippen molar-refractivity contribution in [2.75, 3.05) is 11.1 Å². The van der Waals surface area contributed by atoms with E-state index in [0.29, 0.717) is 0 Å². The van der Waals surface area contributed by atoms with Crippen LogP contribution in [0.15, 0.2) is 24.3 Å². The molecule has 0 aromatic heterocycles. The highest BCUT2D eigenvalue weighted by atomic mass is 35.6. The van der Waals surface area contributed by atoms with Crippen LogP contribution in [0, 0.1) is 0 Å². The Kier molecular flexibility index (Phi) is 2.37. The zero-order chi connectivity index (χ0) is 8.39. The molecule has 0 saturated carbocycles. The molecule has 1 aromatic carbocycles. The minimum atomic E-state index is -0.535.